The Bertz CT molecular complexity index is 2670. The molecule has 5 aromatic carbocycles. The number of rotatable bonds is 16. The number of ether oxygens (including phenoxy) is 1. The minimum atomic E-state index is -0.683. The number of hydrogen-bond acceptors (Lipinski definition) is 7. The van der Waals surface area contributed by atoms with Gasteiger partial charge < -0.3 is 34.7 Å². The highest BCUT2D eigenvalue weighted by atomic mass is 16.5. The number of nitrogens with zero attached hydrogens (tertiary/aromatic N) is 5. The average Bonchev–Trinajstić information content (AvgIpc) is 3.88. The molecule has 1 aliphatic rings. The maximum Gasteiger partial charge on any atom is 0.407 e. The Labute approximate surface area is 341 Å². The topological polar surface area (TPSA) is 157 Å². The van der Waals surface area contributed by atoms with Crippen LogP contribution in [0.3, 0.4) is 0 Å². The van der Waals surface area contributed by atoms with Crippen molar-refractivity contribution < 1.29 is 23.9 Å². The average molecular weight is 793 g/mol. The molecule has 2 aromatic heterocycles. The largest absolute Gasteiger partial charge is 0.453 e. The van der Waals surface area contributed by atoms with E-state index in [0.29, 0.717) is 31.3 Å². The van der Waals surface area contributed by atoms with Gasteiger partial charge in [-0.2, -0.15) is 0 Å². The zero-order valence-corrected chi connectivity index (χ0v) is 33.5. The first kappa shape index (κ1) is 39.1. The molecule has 1 atom stereocenters. The third kappa shape index (κ3) is 8.18. The van der Waals surface area contributed by atoms with Crippen molar-refractivity contribution in [2.75, 3.05) is 26.7 Å². The monoisotopic (exact) mass is 792 g/mol. The maximum atomic E-state index is 14.3. The molecule has 7 aromatic rings. The highest BCUT2D eigenvalue weighted by molar-refractivity contribution is 6.07. The molecule has 0 aliphatic heterocycles. The fraction of sp³-hybridized carbons (Fsp3) is 0.304. The highest BCUT2D eigenvalue weighted by Crippen LogP contribution is 2.36. The molecule has 2 heterocycles. The van der Waals surface area contributed by atoms with Gasteiger partial charge in [0.25, 0.3) is 0 Å². The number of alkyl carbamates (subject to hydrolysis) is 1. The fourth-order valence-electron chi connectivity index (χ4n) is 8.00. The van der Waals surface area contributed by atoms with Gasteiger partial charge in [-0.1, -0.05) is 80.6 Å². The summed E-state index contributed by atoms with van der Waals surface area (Å²) in [6.07, 6.45) is 3.52. The van der Waals surface area contributed by atoms with Gasteiger partial charge in [0.2, 0.25) is 18.2 Å². The number of H-pyrrole nitrogens is 2. The molecular formula is C46H48N8O5. The molecule has 0 spiro atoms. The zero-order valence-electron chi connectivity index (χ0n) is 33.5. The summed E-state index contributed by atoms with van der Waals surface area (Å²) in [4.78, 5) is 72.9. The zero-order chi connectivity index (χ0) is 41.0. The van der Waals surface area contributed by atoms with Crippen LogP contribution in [0.15, 0.2) is 91.0 Å². The Balaban J connectivity index is 1.03. The first-order valence-corrected chi connectivity index (χ1v) is 20.3. The van der Waals surface area contributed by atoms with E-state index in [9.17, 15) is 19.2 Å². The summed E-state index contributed by atoms with van der Waals surface area (Å²) < 4.78 is 4.60. The Hall–Kier alpha value is -6.76. The molecule has 4 amide bonds. The number of carbonyl (C=O) groups is 4. The summed E-state index contributed by atoms with van der Waals surface area (Å²) in [6.45, 7) is 5.55. The van der Waals surface area contributed by atoms with Crippen LogP contribution in [0.4, 0.5) is 4.79 Å². The quantitative estimate of drug-likeness (QED) is 0.0851. The second-order valence-corrected chi connectivity index (χ2v) is 15.2. The fourth-order valence-corrected chi connectivity index (χ4v) is 8.00. The van der Waals surface area contributed by atoms with Crippen LogP contribution in [0.25, 0.3) is 54.7 Å². The van der Waals surface area contributed by atoms with Gasteiger partial charge in [0.15, 0.2) is 0 Å². The third-order valence-electron chi connectivity index (χ3n) is 11.0. The normalized spacial score (nSPS) is 13.1. The highest BCUT2D eigenvalue weighted by Gasteiger charge is 2.39. The Morgan fingerprint density at radius 2 is 1.34 bits per heavy atom. The van der Waals surface area contributed by atoms with Crippen LogP contribution in [0, 0.1) is 0 Å². The smallest absolute Gasteiger partial charge is 0.407 e. The number of imidazole rings is 2. The molecule has 1 aliphatic carbocycles. The van der Waals surface area contributed by atoms with Crippen LogP contribution < -0.4 is 5.32 Å². The molecule has 3 N–H and O–H groups in total. The maximum absolute atomic E-state index is 14.3. The van der Waals surface area contributed by atoms with Gasteiger partial charge >= 0.3 is 6.09 Å². The molecule has 8 rings (SSSR count). The first-order chi connectivity index (χ1) is 28.8. The summed E-state index contributed by atoms with van der Waals surface area (Å²) >= 11 is 0. The second kappa shape index (κ2) is 17.0. The molecule has 1 fully saturated rings. The van der Waals surface area contributed by atoms with Gasteiger partial charge in [-0.05, 0) is 77.4 Å². The minimum absolute atomic E-state index is 0.0834. The van der Waals surface area contributed by atoms with Crippen LogP contribution in [-0.2, 0) is 32.2 Å². The van der Waals surface area contributed by atoms with E-state index in [1.807, 2.05) is 61.2 Å². The predicted molar refractivity (Wildman–Crippen MR) is 228 cm³/mol. The van der Waals surface area contributed by atoms with Crippen LogP contribution >= 0.6 is 0 Å². The van der Waals surface area contributed by atoms with Crippen LogP contribution in [0.1, 0.15) is 62.8 Å². The van der Waals surface area contributed by atoms with E-state index >= 15 is 0 Å². The minimum Gasteiger partial charge on any atom is -0.453 e. The molecule has 13 nitrogen and oxygen atoms in total. The number of amides is 4. The summed E-state index contributed by atoms with van der Waals surface area (Å²) in [5, 5.41) is 6.63. The van der Waals surface area contributed by atoms with E-state index in [-0.39, 0.29) is 30.9 Å². The Kier molecular flexibility index (Phi) is 11.3. The first-order valence-electron chi connectivity index (χ1n) is 20.3. The van der Waals surface area contributed by atoms with E-state index in [1.54, 1.807) is 9.80 Å². The van der Waals surface area contributed by atoms with Crippen molar-refractivity contribution in [1.82, 2.24) is 40.0 Å². The van der Waals surface area contributed by atoms with Gasteiger partial charge in [-0.15, -0.1) is 0 Å². The van der Waals surface area contributed by atoms with E-state index in [0.717, 1.165) is 92.4 Å². The third-order valence-corrected chi connectivity index (χ3v) is 11.0. The number of aromatic nitrogens is 4. The Morgan fingerprint density at radius 1 is 0.780 bits per heavy atom. The molecule has 1 saturated carbocycles. The summed E-state index contributed by atoms with van der Waals surface area (Å²) in [7, 11) is 1.26. The van der Waals surface area contributed by atoms with Gasteiger partial charge in [0, 0.05) is 29.9 Å². The molecular weight excluding hydrogens is 745 g/mol. The lowest BCUT2D eigenvalue weighted by molar-refractivity contribution is -0.142. The van der Waals surface area contributed by atoms with Gasteiger partial charge in [-0.3, -0.25) is 14.4 Å². The lowest BCUT2D eigenvalue weighted by Gasteiger charge is -2.32. The number of nitrogens with one attached hydrogen (secondary N) is 3. The lowest BCUT2D eigenvalue weighted by atomic mass is 9.98. The summed E-state index contributed by atoms with van der Waals surface area (Å²) in [6, 6.07) is 29.9. The summed E-state index contributed by atoms with van der Waals surface area (Å²) in [5.74, 6) is 1.04. The molecule has 0 bridgehead atoms. The Morgan fingerprint density at radius 3 is 1.86 bits per heavy atom. The van der Waals surface area contributed by atoms with Gasteiger partial charge in [-0.25, -0.2) is 14.8 Å². The molecule has 0 radical (unpaired) electrons. The van der Waals surface area contributed by atoms with Crippen molar-refractivity contribution in [2.24, 2.45) is 0 Å². The van der Waals surface area contributed by atoms with Gasteiger partial charge in [0.1, 0.15) is 24.2 Å². The van der Waals surface area contributed by atoms with Crippen LogP contribution in [0.2, 0.25) is 0 Å². The van der Waals surface area contributed by atoms with Crippen molar-refractivity contribution in [3.05, 3.63) is 108 Å². The van der Waals surface area contributed by atoms with Crippen molar-refractivity contribution in [2.45, 2.75) is 64.7 Å². The van der Waals surface area contributed by atoms with E-state index < -0.39 is 12.1 Å². The van der Waals surface area contributed by atoms with E-state index in [1.165, 1.54) is 7.11 Å². The number of methoxy groups -OCH3 is 1. The van der Waals surface area contributed by atoms with Crippen molar-refractivity contribution >= 4 is 67.9 Å². The lowest BCUT2D eigenvalue weighted by Crippen LogP contribution is -2.43. The molecule has 302 valence electrons. The van der Waals surface area contributed by atoms with Crippen molar-refractivity contribution in [3.8, 4) is 11.1 Å². The molecule has 0 saturated heterocycles. The molecule has 13 heteroatoms. The number of benzene rings is 5. The molecule has 59 heavy (non-hydrogen) atoms. The number of fused-ring (bicyclic) bond motifs is 6. The van der Waals surface area contributed by atoms with E-state index in [2.05, 4.69) is 68.6 Å². The summed E-state index contributed by atoms with van der Waals surface area (Å²) in [5.41, 5.74) is 6.39. The van der Waals surface area contributed by atoms with Crippen molar-refractivity contribution in [1.29, 1.82) is 0 Å². The van der Waals surface area contributed by atoms with Crippen molar-refractivity contribution in [3.63, 3.8) is 0 Å². The second-order valence-electron chi connectivity index (χ2n) is 15.2. The number of aromatic amines is 2. The number of hydrogen-bond donors (Lipinski definition) is 3. The predicted octanol–water partition coefficient (Wildman–Crippen LogP) is 7.61. The number of carbonyl (C=O) groups excluding carboxylic acids is 4. The standard InChI is InChI=1S/C46H48N8O5/c1-4-21-52(41(56)25-47-46(58)59-3)26-39-48-37-19-13-32-23-30(11-17-35(32)42(37)50-39)31-12-18-36-33(24-31)14-20-38-43(36)51-40(49-38)27-53(22-5-2)45(57)44(29-9-7-6-8-10-29)54(28-55)34-15-16-34/h6-14,17-20,23-24,28,34,44H,4-5,15-16,21-22,25-27H2,1-3H3,(H,47,58)(H,48,50)(H,49,51)/t44-/m1/s1. The van der Waals surface area contributed by atoms with E-state index in [4.69, 9.17) is 9.97 Å². The van der Waals surface area contributed by atoms with Crippen LogP contribution in [-0.4, -0.2) is 91.7 Å². The van der Waals surface area contributed by atoms with Crippen LogP contribution in [0.5, 0.6) is 0 Å². The molecule has 0 unspecified atom stereocenters. The van der Waals surface area contributed by atoms with Gasteiger partial charge in [0.05, 0.1) is 42.3 Å². The SMILES string of the molecule is CCCN(Cc1nc2ccc3cc(-c4ccc5c(ccc6nc(CN(CCC)C(=O)[C@@H](c7ccccc7)N(C=O)C7CC7)[nH]c65)c4)ccc3c2[nH]1)C(=O)CNC(=O)OC.